The van der Waals surface area contributed by atoms with E-state index in [-0.39, 0.29) is 23.2 Å². The molecule has 3 aromatic rings. The topological polar surface area (TPSA) is 75.2 Å². The van der Waals surface area contributed by atoms with Gasteiger partial charge in [-0.25, -0.2) is 4.98 Å². The summed E-state index contributed by atoms with van der Waals surface area (Å²) in [6, 6.07) is 14.6. The minimum atomic E-state index is -0.342. The molecule has 0 saturated heterocycles. The molecule has 29 heavy (non-hydrogen) atoms. The van der Waals surface area contributed by atoms with Crippen LogP contribution in [0.25, 0.3) is 0 Å². The summed E-state index contributed by atoms with van der Waals surface area (Å²) in [5, 5.41) is 2.86. The molecule has 3 rings (SSSR count). The molecular weight excluding hydrogens is 364 g/mol. The van der Waals surface area contributed by atoms with Gasteiger partial charge in [-0.05, 0) is 61.7 Å². The molecule has 0 fully saturated rings. The number of nitrogens with one attached hydrogen (secondary N) is 1. The quantitative estimate of drug-likeness (QED) is 0.699. The van der Waals surface area contributed by atoms with Crippen molar-refractivity contribution in [3.8, 4) is 0 Å². The van der Waals surface area contributed by atoms with Crippen molar-refractivity contribution in [2.75, 3.05) is 18.9 Å². The number of carbonyl (C=O) groups is 2. The fraction of sp³-hybridized carbons (Fsp3) is 0.217. The Balaban J connectivity index is 1.67. The molecule has 2 heterocycles. The first kappa shape index (κ1) is 20.2. The molecule has 1 N–H and O–H groups in total. The first-order valence-corrected chi connectivity index (χ1v) is 9.44. The van der Waals surface area contributed by atoms with Gasteiger partial charge in [0.2, 0.25) is 0 Å². The third-order valence-corrected chi connectivity index (χ3v) is 4.66. The molecule has 0 radical (unpaired) electrons. The predicted octanol–water partition coefficient (Wildman–Crippen LogP) is 3.66. The van der Waals surface area contributed by atoms with Crippen molar-refractivity contribution in [2.45, 2.75) is 20.3 Å². The summed E-state index contributed by atoms with van der Waals surface area (Å²) in [5.41, 5.74) is 4.39. The highest BCUT2D eigenvalue weighted by Gasteiger charge is 2.16. The van der Waals surface area contributed by atoms with E-state index in [2.05, 4.69) is 15.3 Å². The first-order valence-electron chi connectivity index (χ1n) is 9.44. The van der Waals surface area contributed by atoms with Crippen LogP contribution in [-0.2, 0) is 6.42 Å². The van der Waals surface area contributed by atoms with Crippen LogP contribution in [0.1, 0.15) is 37.7 Å². The number of amides is 2. The summed E-state index contributed by atoms with van der Waals surface area (Å²) in [6.45, 7) is 4.48. The molecule has 2 aromatic heterocycles. The van der Waals surface area contributed by atoms with Crippen molar-refractivity contribution < 1.29 is 9.59 Å². The Hall–Kier alpha value is -3.54. The number of aromatic nitrogens is 2. The van der Waals surface area contributed by atoms with E-state index in [1.54, 1.807) is 42.5 Å². The lowest BCUT2D eigenvalue weighted by molar-refractivity contribution is 0.0790. The van der Waals surface area contributed by atoms with E-state index in [1.165, 1.54) is 0 Å². The Labute approximate surface area is 170 Å². The number of anilines is 1. The van der Waals surface area contributed by atoms with Gasteiger partial charge in [-0.2, -0.15) is 0 Å². The summed E-state index contributed by atoms with van der Waals surface area (Å²) in [7, 11) is 1.73. The summed E-state index contributed by atoms with van der Waals surface area (Å²) < 4.78 is 0. The lowest BCUT2D eigenvalue weighted by Gasteiger charge is -2.17. The van der Waals surface area contributed by atoms with Gasteiger partial charge in [0.05, 0.1) is 0 Å². The molecule has 0 saturated carbocycles. The van der Waals surface area contributed by atoms with Crippen LogP contribution < -0.4 is 5.32 Å². The van der Waals surface area contributed by atoms with Crippen LogP contribution in [-0.4, -0.2) is 40.3 Å². The lowest BCUT2D eigenvalue weighted by Crippen LogP contribution is -2.30. The van der Waals surface area contributed by atoms with Crippen LogP contribution in [0.4, 0.5) is 5.69 Å². The Kier molecular flexibility index (Phi) is 6.34. The molecule has 0 aliphatic heterocycles. The monoisotopic (exact) mass is 388 g/mol. The average molecular weight is 388 g/mol. The maximum absolute atomic E-state index is 12.7. The number of nitrogens with zero attached hydrogens (tertiary/aromatic N) is 3. The van der Waals surface area contributed by atoms with Gasteiger partial charge in [-0.3, -0.25) is 14.6 Å². The van der Waals surface area contributed by atoms with Crippen LogP contribution in [0.15, 0.2) is 60.9 Å². The van der Waals surface area contributed by atoms with Gasteiger partial charge in [-0.1, -0.05) is 23.8 Å². The molecule has 6 nitrogen and oxygen atoms in total. The molecule has 0 spiro atoms. The zero-order valence-electron chi connectivity index (χ0n) is 16.8. The van der Waals surface area contributed by atoms with E-state index in [0.29, 0.717) is 6.54 Å². The second-order valence-electron chi connectivity index (χ2n) is 7.01. The molecule has 0 aliphatic rings. The fourth-order valence-corrected chi connectivity index (χ4v) is 2.96. The van der Waals surface area contributed by atoms with Gasteiger partial charge >= 0.3 is 0 Å². The molecule has 2 amide bonds. The Bertz CT molecular complexity index is 1020. The van der Waals surface area contributed by atoms with E-state index in [9.17, 15) is 9.59 Å². The zero-order valence-corrected chi connectivity index (χ0v) is 16.8. The van der Waals surface area contributed by atoms with E-state index in [1.807, 2.05) is 44.2 Å². The van der Waals surface area contributed by atoms with Crippen LogP contribution in [0.3, 0.4) is 0 Å². The van der Waals surface area contributed by atoms with E-state index in [0.717, 1.165) is 28.8 Å². The number of rotatable bonds is 6. The van der Waals surface area contributed by atoms with Crippen LogP contribution in [0, 0.1) is 13.8 Å². The van der Waals surface area contributed by atoms with Gasteiger partial charge in [0.25, 0.3) is 11.8 Å². The molecule has 6 heteroatoms. The first-order chi connectivity index (χ1) is 13.9. The van der Waals surface area contributed by atoms with Gasteiger partial charge < -0.3 is 10.2 Å². The number of benzene rings is 1. The molecular formula is C23H24N4O2. The number of hydrogen-bond acceptors (Lipinski definition) is 4. The summed E-state index contributed by atoms with van der Waals surface area (Å²) in [4.78, 5) is 35.2. The maximum atomic E-state index is 12.7. The lowest BCUT2D eigenvalue weighted by atomic mass is 10.1. The minimum Gasteiger partial charge on any atom is -0.340 e. The predicted molar refractivity (Wildman–Crippen MR) is 113 cm³/mol. The highest BCUT2D eigenvalue weighted by Crippen LogP contribution is 2.17. The number of carbonyl (C=O) groups excluding carboxylic acids is 2. The Morgan fingerprint density at radius 3 is 2.45 bits per heavy atom. The zero-order chi connectivity index (χ0) is 20.8. The number of hydrogen-bond donors (Lipinski definition) is 1. The fourth-order valence-electron chi connectivity index (χ4n) is 2.96. The van der Waals surface area contributed by atoms with Crippen molar-refractivity contribution in [3.63, 3.8) is 0 Å². The van der Waals surface area contributed by atoms with Crippen molar-refractivity contribution in [3.05, 3.63) is 89.0 Å². The maximum Gasteiger partial charge on any atom is 0.274 e. The SMILES string of the molecule is Cc1ccc(NC(=O)c2cccc(C(=O)N(C)CCc3ccncc3)n2)c(C)c1. The van der Waals surface area contributed by atoms with Gasteiger partial charge in [0, 0.05) is 31.7 Å². The third kappa shape index (κ3) is 5.25. The van der Waals surface area contributed by atoms with Crippen molar-refractivity contribution in [2.24, 2.45) is 0 Å². The van der Waals surface area contributed by atoms with Crippen molar-refractivity contribution >= 4 is 17.5 Å². The van der Waals surface area contributed by atoms with E-state index in [4.69, 9.17) is 0 Å². The standard InChI is InChI=1S/C23H24N4O2/c1-16-7-8-19(17(2)15-16)26-22(28)20-5-4-6-21(25-20)23(29)27(3)14-11-18-9-12-24-13-10-18/h4-10,12-13,15H,11,14H2,1-3H3,(H,26,28). The van der Waals surface area contributed by atoms with Crippen LogP contribution in [0.2, 0.25) is 0 Å². The smallest absolute Gasteiger partial charge is 0.274 e. The van der Waals surface area contributed by atoms with Gasteiger partial charge in [0.15, 0.2) is 0 Å². The normalized spacial score (nSPS) is 10.4. The molecule has 0 aliphatic carbocycles. The van der Waals surface area contributed by atoms with E-state index < -0.39 is 0 Å². The largest absolute Gasteiger partial charge is 0.340 e. The second-order valence-corrected chi connectivity index (χ2v) is 7.01. The van der Waals surface area contributed by atoms with Gasteiger partial charge in [-0.15, -0.1) is 0 Å². The van der Waals surface area contributed by atoms with Crippen molar-refractivity contribution in [1.29, 1.82) is 0 Å². The van der Waals surface area contributed by atoms with Crippen LogP contribution >= 0.6 is 0 Å². The summed E-state index contributed by atoms with van der Waals surface area (Å²) >= 11 is 0. The molecule has 0 unspecified atom stereocenters. The second kappa shape index (κ2) is 9.10. The highest BCUT2D eigenvalue weighted by molar-refractivity contribution is 6.04. The van der Waals surface area contributed by atoms with Crippen LogP contribution in [0.5, 0.6) is 0 Å². The Morgan fingerprint density at radius 2 is 1.72 bits per heavy atom. The van der Waals surface area contributed by atoms with Gasteiger partial charge in [0.1, 0.15) is 11.4 Å². The third-order valence-electron chi connectivity index (χ3n) is 4.66. The van der Waals surface area contributed by atoms with Crippen molar-refractivity contribution in [1.82, 2.24) is 14.9 Å². The number of likely N-dealkylation sites (N-methyl/N-ethyl adjacent to an activating group) is 1. The summed E-state index contributed by atoms with van der Waals surface area (Å²) in [6.07, 6.45) is 4.19. The molecule has 1 aromatic carbocycles. The summed E-state index contributed by atoms with van der Waals surface area (Å²) in [5.74, 6) is -0.564. The molecule has 0 bridgehead atoms. The number of aryl methyl sites for hydroxylation is 2. The number of pyridine rings is 2. The minimum absolute atomic E-state index is 0.207. The average Bonchev–Trinajstić information content (AvgIpc) is 2.74. The Morgan fingerprint density at radius 1 is 1.00 bits per heavy atom. The highest BCUT2D eigenvalue weighted by atomic mass is 16.2. The molecule has 0 atom stereocenters. The van der Waals surface area contributed by atoms with E-state index >= 15 is 0 Å². The molecule has 148 valence electrons.